The number of hydrogen-bond donors (Lipinski definition) is 0. The normalized spacial score (nSPS) is 10.6. The van der Waals surface area contributed by atoms with Crippen LogP contribution < -0.4 is 9.47 Å². The Balaban J connectivity index is 1.67. The molecule has 0 aliphatic carbocycles. The van der Waals surface area contributed by atoms with Crippen molar-refractivity contribution in [2.24, 2.45) is 0 Å². The fourth-order valence-corrected chi connectivity index (χ4v) is 2.01. The first kappa shape index (κ1) is 15.0. The zero-order valence-corrected chi connectivity index (χ0v) is 12.7. The van der Waals surface area contributed by atoms with Gasteiger partial charge in [0, 0.05) is 11.6 Å². The molecule has 0 amide bonds. The molecule has 2 aromatic carbocycles. The van der Waals surface area contributed by atoms with E-state index in [0.717, 1.165) is 11.1 Å². The van der Waals surface area contributed by atoms with Crippen molar-refractivity contribution in [3.05, 3.63) is 59.7 Å². The third-order valence-corrected chi connectivity index (χ3v) is 3.25. The van der Waals surface area contributed by atoms with E-state index in [1.165, 1.54) is 19.2 Å². The molecule has 1 heterocycles. The molecule has 0 atom stereocenters. The summed E-state index contributed by atoms with van der Waals surface area (Å²) in [5, 5.41) is 7.91. The molecule has 0 spiro atoms. The van der Waals surface area contributed by atoms with Gasteiger partial charge in [-0.15, -0.1) is 10.2 Å². The highest BCUT2D eigenvalue weighted by Crippen LogP contribution is 2.23. The minimum atomic E-state index is -0.490. The molecular formula is C17H15FN2O3. The summed E-state index contributed by atoms with van der Waals surface area (Å²) in [4.78, 5) is 0. The molecule has 118 valence electrons. The smallest absolute Gasteiger partial charge is 0.254 e. The summed E-state index contributed by atoms with van der Waals surface area (Å²) < 4.78 is 29.4. The Labute approximate surface area is 132 Å². The summed E-state index contributed by atoms with van der Waals surface area (Å²) in [5.74, 6) is 0.771. The highest BCUT2D eigenvalue weighted by Gasteiger charge is 2.10. The van der Waals surface area contributed by atoms with E-state index in [4.69, 9.17) is 13.9 Å². The summed E-state index contributed by atoms with van der Waals surface area (Å²) in [6, 6.07) is 12.1. The van der Waals surface area contributed by atoms with E-state index in [1.807, 2.05) is 31.2 Å². The Morgan fingerprint density at radius 2 is 1.87 bits per heavy atom. The molecule has 3 rings (SSSR count). The van der Waals surface area contributed by atoms with Gasteiger partial charge in [-0.2, -0.15) is 0 Å². The number of aromatic nitrogens is 2. The molecule has 0 radical (unpaired) electrons. The molecule has 0 bridgehead atoms. The van der Waals surface area contributed by atoms with E-state index >= 15 is 0 Å². The van der Waals surface area contributed by atoms with Crippen LogP contribution in [0.3, 0.4) is 0 Å². The van der Waals surface area contributed by atoms with Gasteiger partial charge in [0.05, 0.1) is 7.11 Å². The number of aryl methyl sites for hydroxylation is 1. The van der Waals surface area contributed by atoms with Gasteiger partial charge in [-0.3, -0.25) is 0 Å². The van der Waals surface area contributed by atoms with Crippen molar-refractivity contribution >= 4 is 0 Å². The zero-order valence-electron chi connectivity index (χ0n) is 12.7. The third kappa shape index (κ3) is 3.48. The number of nitrogens with zero attached hydrogens (tertiary/aromatic N) is 2. The number of rotatable bonds is 5. The van der Waals surface area contributed by atoms with Crippen LogP contribution in [0.4, 0.5) is 4.39 Å². The number of methoxy groups -OCH3 is 1. The first-order valence-electron chi connectivity index (χ1n) is 7.01. The van der Waals surface area contributed by atoms with Crippen molar-refractivity contribution in [3.63, 3.8) is 0 Å². The standard InChI is InChI=1S/C17H15FN2O3/c1-11-3-5-12(6-4-11)17-20-19-16(23-17)10-22-13-7-8-15(21-2)14(18)9-13/h3-9H,10H2,1-2H3. The molecule has 5 nitrogen and oxygen atoms in total. The van der Waals surface area contributed by atoms with Crippen LogP contribution in [0.5, 0.6) is 11.5 Å². The van der Waals surface area contributed by atoms with Gasteiger partial charge in [0.25, 0.3) is 5.89 Å². The van der Waals surface area contributed by atoms with Crippen LogP contribution in [0.15, 0.2) is 46.9 Å². The maximum absolute atomic E-state index is 13.6. The van der Waals surface area contributed by atoms with E-state index in [2.05, 4.69) is 10.2 Å². The molecule has 0 fully saturated rings. The van der Waals surface area contributed by atoms with Crippen LogP contribution in [-0.4, -0.2) is 17.3 Å². The Morgan fingerprint density at radius 1 is 1.09 bits per heavy atom. The summed E-state index contributed by atoms with van der Waals surface area (Å²) in [7, 11) is 1.41. The highest BCUT2D eigenvalue weighted by molar-refractivity contribution is 5.52. The van der Waals surface area contributed by atoms with Gasteiger partial charge < -0.3 is 13.9 Å². The first-order chi connectivity index (χ1) is 11.2. The molecule has 0 aliphatic rings. The van der Waals surface area contributed by atoms with Crippen molar-refractivity contribution in [2.45, 2.75) is 13.5 Å². The second-order valence-corrected chi connectivity index (χ2v) is 4.95. The molecule has 1 aromatic heterocycles. The van der Waals surface area contributed by atoms with Crippen LogP contribution in [-0.2, 0) is 6.61 Å². The van der Waals surface area contributed by atoms with E-state index in [-0.39, 0.29) is 12.4 Å². The minimum Gasteiger partial charge on any atom is -0.494 e. The predicted molar refractivity (Wildman–Crippen MR) is 81.8 cm³/mol. The molecule has 0 N–H and O–H groups in total. The van der Waals surface area contributed by atoms with E-state index in [1.54, 1.807) is 6.07 Å². The van der Waals surface area contributed by atoms with Gasteiger partial charge in [-0.1, -0.05) is 17.7 Å². The van der Waals surface area contributed by atoms with Gasteiger partial charge in [0.2, 0.25) is 5.89 Å². The van der Waals surface area contributed by atoms with Gasteiger partial charge >= 0.3 is 0 Å². The van der Waals surface area contributed by atoms with Crippen molar-refractivity contribution in [1.29, 1.82) is 0 Å². The third-order valence-electron chi connectivity index (χ3n) is 3.25. The fraction of sp³-hybridized carbons (Fsp3) is 0.176. The highest BCUT2D eigenvalue weighted by atomic mass is 19.1. The Kier molecular flexibility index (Phi) is 4.23. The van der Waals surface area contributed by atoms with E-state index < -0.39 is 5.82 Å². The minimum absolute atomic E-state index is 0.0601. The first-order valence-corrected chi connectivity index (χ1v) is 7.01. The van der Waals surface area contributed by atoms with E-state index in [0.29, 0.717) is 17.5 Å². The van der Waals surface area contributed by atoms with Gasteiger partial charge in [0.15, 0.2) is 18.2 Å². The van der Waals surface area contributed by atoms with Crippen molar-refractivity contribution in [3.8, 4) is 23.0 Å². The van der Waals surface area contributed by atoms with Crippen molar-refractivity contribution in [2.75, 3.05) is 7.11 Å². The van der Waals surface area contributed by atoms with Gasteiger partial charge in [-0.25, -0.2) is 4.39 Å². The number of halogens is 1. The summed E-state index contributed by atoms with van der Waals surface area (Å²) in [5.41, 5.74) is 1.99. The monoisotopic (exact) mass is 314 g/mol. The Bertz CT molecular complexity index is 800. The molecule has 0 unspecified atom stereocenters. The van der Waals surface area contributed by atoms with Crippen molar-refractivity contribution < 1.29 is 18.3 Å². The SMILES string of the molecule is COc1ccc(OCc2nnc(-c3ccc(C)cc3)o2)cc1F. The lowest BCUT2D eigenvalue weighted by molar-refractivity contribution is 0.262. The average molecular weight is 314 g/mol. The van der Waals surface area contributed by atoms with Crippen LogP contribution >= 0.6 is 0 Å². The molecule has 0 saturated heterocycles. The summed E-state index contributed by atoms with van der Waals surface area (Å²) >= 11 is 0. The zero-order chi connectivity index (χ0) is 16.2. The van der Waals surface area contributed by atoms with Crippen LogP contribution in [0.2, 0.25) is 0 Å². The molecule has 0 saturated carbocycles. The lowest BCUT2D eigenvalue weighted by Crippen LogP contribution is -1.97. The van der Waals surface area contributed by atoms with Gasteiger partial charge in [-0.05, 0) is 31.2 Å². The molecule has 0 aliphatic heterocycles. The van der Waals surface area contributed by atoms with E-state index in [9.17, 15) is 4.39 Å². The van der Waals surface area contributed by atoms with Crippen molar-refractivity contribution in [1.82, 2.24) is 10.2 Å². The predicted octanol–water partition coefficient (Wildman–Crippen LogP) is 3.77. The molecular weight excluding hydrogens is 299 g/mol. The van der Waals surface area contributed by atoms with Crippen LogP contribution in [0, 0.1) is 12.7 Å². The number of benzene rings is 2. The summed E-state index contributed by atoms with van der Waals surface area (Å²) in [6.45, 7) is 2.06. The number of hydrogen-bond acceptors (Lipinski definition) is 5. The number of ether oxygens (including phenoxy) is 2. The summed E-state index contributed by atoms with van der Waals surface area (Å²) in [6.07, 6.45) is 0. The maximum atomic E-state index is 13.6. The lowest BCUT2D eigenvalue weighted by atomic mass is 10.1. The van der Waals surface area contributed by atoms with Crippen LogP contribution in [0.25, 0.3) is 11.5 Å². The maximum Gasteiger partial charge on any atom is 0.254 e. The van der Waals surface area contributed by atoms with Gasteiger partial charge in [0.1, 0.15) is 5.75 Å². The molecule has 6 heteroatoms. The molecule has 3 aromatic rings. The topological polar surface area (TPSA) is 57.4 Å². The quantitative estimate of drug-likeness (QED) is 0.717. The fourth-order valence-electron chi connectivity index (χ4n) is 2.01. The Morgan fingerprint density at radius 3 is 2.57 bits per heavy atom. The largest absolute Gasteiger partial charge is 0.494 e. The molecule has 23 heavy (non-hydrogen) atoms. The lowest BCUT2D eigenvalue weighted by Gasteiger charge is -2.05. The average Bonchev–Trinajstić information content (AvgIpc) is 3.03. The second kappa shape index (κ2) is 6.48. The van der Waals surface area contributed by atoms with Crippen LogP contribution in [0.1, 0.15) is 11.5 Å². The Hall–Kier alpha value is -2.89. The second-order valence-electron chi connectivity index (χ2n) is 4.95.